The first kappa shape index (κ1) is 8.02. The predicted octanol–water partition coefficient (Wildman–Crippen LogP) is 0.886. The molecule has 2 heteroatoms. The van der Waals surface area contributed by atoms with Crippen LogP contribution in [0, 0.1) is 5.92 Å². The van der Waals surface area contributed by atoms with Gasteiger partial charge < -0.3 is 10.8 Å². The van der Waals surface area contributed by atoms with Crippen LogP contribution in [0.5, 0.6) is 0 Å². The maximum absolute atomic E-state index is 8.91. The van der Waals surface area contributed by atoms with Crippen LogP contribution in [-0.4, -0.2) is 17.3 Å². The molecule has 0 bridgehead atoms. The lowest BCUT2D eigenvalue weighted by Gasteiger charge is -2.20. The molecule has 0 aromatic heterocycles. The molecule has 2 nitrogen and oxygen atoms in total. The maximum Gasteiger partial charge on any atom is 0.0611 e. The fourth-order valence-corrected chi connectivity index (χ4v) is 1.76. The van der Waals surface area contributed by atoms with Crippen LogP contribution in [0.2, 0.25) is 0 Å². The Balaban J connectivity index is 2.41. The lowest BCUT2D eigenvalue weighted by atomic mass is 9.97. The van der Waals surface area contributed by atoms with Gasteiger partial charge in [0.25, 0.3) is 0 Å². The molecular weight excluding hydrogens is 126 g/mol. The smallest absolute Gasteiger partial charge is 0.0611 e. The summed E-state index contributed by atoms with van der Waals surface area (Å²) in [4.78, 5) is 0. The minimum absolute atomic E-state index is 0.156. The normalized spacial score (nSPS) is 40.5. The van der Waals surface area contributed by atoms with Crippen LogP contribution in [0.15, 0.2) is 0 Å². The second kappa shape index (κ2) is 2.89. The maximum atomic E-state index is 8.91. The number of hydrogen-bond acceptors (Lipinski definition) is 2. The van der Waals surface area contributed by atoms with Gasteiger partial charge in [0.1, 0.15) is 0 Å². The minimum Gasteiger partial charge on any atom is -0.394 e. The van der Waals surface area contributed by atoms with Crippen LogP contribution in [0.1, 0.15) is 32.6 Å². The molecule has 0 heterocycles. The van der Waals surface area contributed by atoms with Crippen molar-refractivity contribution < 1.29 is 5.11 Å². The van der Waals surface area contributed by atoms with Crippen LogP contribution in [0.25, 0.3) is 0 Å². The fraction of sp³-hybridized carbons (Fsp3) is 1.00. The molecule has 0 aromatic carbocycles. The Morgan fingerprint density at radius 2 is 2.40 bits per heavy atom. The molecule has 60 valence electrons. The van der Waals surface area contributed by atoms with Crippen molar-refractivity contribution in [1.29, 1.82) is 0 Å². The standard InChI is InChI=1S/C8H17NO/c1-2-7-3-4-8(9,5-7)6-10/h7,10H,2-6,9H2,1H3. The van der Waals surface area contributed by atoms with Crippen molar-refractivity contribution in [2.24, 2.45) is 11.7 Å². The topological polar surface area (TPSA) is 46.2 Å². The number of aliphatic hydroxyl groups excluding tert-OH is 1. The predicted molar refractivity (Wildman–Crippen MR) is 41.6 cm³/mol. The van der Waals surface area contributed by atoms with Crippen molar-refractivity contribution in [3.8, 4) is 0 Å². The van der Waals surface area contributed by atoms with E-state index in [9.17, 15) is 0 Å². The van der Waals surface area contributed by atoms with E-state index in [0.717, 1.165) is 18.8 Å². The van der Waals surface area contributed by atoms with Gasteiger partial charge in [-0.15, -0.1) is 0 Å². The molecule has 2 atom stereocenters. The van der Waals surface area contributed by atoms with E-state index in [1.807, 2.05) is 0 Å². The lowest BCUT2D eigenvalue weighted by molar-refractivity contribution is 0.195. The number of hydrogen-bond donors (Lipinski definition) is 2. The van der Waals surface area contributed by atoms with Crippen molar-refractivity contribution >= 4 is 0 Å². The van der Waals surface area contributed by atoms with Crippen molar-refractivity contribution in [3.05, 3.63) is 0 Å². The highest BCUT2D eigenvalue weighted by Gasteiger charge is 2.33. The molecule has 10 heavy (non-hydrogen) atoms. The molecule has 1 fully saturated rings. The first-order valence-electron chi connectivity index (χ1n) is 4.10. The third-order valence-corrected chi connectivity index (χ3v) is 2.64. The SMILES string of the molecule is CCC1CCC(N)(CO)C1. The molecular formula is C8H17NO. The zero-order chi connectivity index (χ0) is 7.61. The third-order valence-electron chi connectivity index (χ3n) is 2.64. The van der Waals surface area contributed by atoms with E-state index in [4.69, 9.17) is 10.8 Å². The van der Waals surface area contributed by atoms with Gasteiger partial charge in [-0.3, -0.25) is 0 Å². The van der Waals surface area contributed by atoms with Crippen LogP contribution >= 0.6 is 0 Å². The van der Waals surface area contributed by atoms with E-state index in [-0.39, 0.29) is 12.1 Å². The highest BCUT2D eigenvalue weighted by Crippen LogP contribution is 2.33. The number of nitrogens with two attached hydrogens (primary N) is 1. The van der Waals surface area contributed by atoms with Gasteiger partial charge in [-0.25, -0.2) is 0 Å². The molecule has 1 aliphatic carbocycles. The Kier molecular flexibility index (Phi) is 2.32. The molecule has 0 aliphatic heterocycles. The highest BCUT2D eigenvalue weighted by molar-refractivity contribution is 4.92. The van der Waals surface area contributed by atoms with E-state index in [1.165, 1.54) is 12.8 Å². The highest BCUT2D eigenvalue weighted by atomic mass is 16.3. The van der Waals surface area contributed by atoms with Crippen LogP contribution in [0.3, 0.4) is 0 Å². The van der Waals surface area contributed by atoms with Gasteiger partial charge in [0.2, 0.25) is 0 Å². The molecule has 3 N–H and O–H groups in total. The monoisotopic (exact) mass is 143 g/mol. The molecule has 0 aromatic rings. The Hall–Kier alpha value is -0.0800. The third kappa shape index (κ3) is 1.50. The summed E-state index contributed by atoms with van der Waals surface area (Å²) in [6, 6.07) is 0. The Bertz CT molecular complexity index is 116. The second-order valence-corrected chi connectivity index (χ2v) is 3.54. The van der Waals surface area contributed by atoms with Crippen LogP contribution < -0.4 is 5.73 Å². The summed E-state index contributed by atoms with van der Waals surface area (Å²) in [6.45, 7) is 2.34. The van der Waals surface area contributed by atoms with Crippen molar-refractivity contribution in [2.45, 2.75) is 38.1 Å². The van der Waals surface area contributed by atoms with Crippen molar-refractivity contribution in [3.63, 3.8) is 0 Å². The first-order chi connectivity index (χ1) is 4.70. The minimum atomic E-state index is -0.235. The van der Waals surface area contributed by atoms with E-state index in [0.29, 0.717) is 0 Å². The van der Waals surface area contributed by atoms with Gasteiger partial charge >= 0.3 is 0 Å². The van der Waals surface area contributed by atoms with Gasteiger partial charge in [0.15, 0.2) is 0 Å². The fourth-order valence-electron chi connectivity index (χ4n) is 1.76. The molecule has 2 unspecified atom stereocenters. The molecule has 0 amide bonds. The summed E-state index contributed by atoms with van der Waals surface area (Å²) >= 11 is 0. The number of rotatable bonds is 2. The van der Waals surface area contributed by atoms with Crippen molar-refractivity contribution in [2.75, 3.05) is 6.61 Å². The summed E-state index contributed by atoms with van der Waals surface area (Å²) in [7, 11) is 0. The van der Waals surface area contributed by atoms with Gasteiger partial charge in [0, 0.05) is 5.54 Å². The largest absolute Gasteiger partial charge is 0.394 e. The molecule has 1 saturated carbocycles. The quantitative estimate of drug-likeness (QED) is 0.603. The molecule has 0 radical (unpaired) electrons. The van der Waals surface area contributed by atoms with Gasteiger partial charge in [-0.2, -0.15) is 0 Å². The average molecular weight is 143 g/mol. The molecule has 0 saturated heterocycles. The van der Waals surface area contributed by atoms with Gasteiger partial charge in [-0.05, 0) is 25.2 Å². The Labute approximate surface area is 62.4 Å². The summed E-state index contributed by atoms with van der Waals surface area (Å²) in [5.74, 6) is 0.761. The Morgan fingerprint density at radius 1 is 1.70 bits per heavy atom. The molecule has 1 rings (SSSR count). The lowest BCUT2D eigenvalue weighted by Crippen LogP contribution is -2.40. The van der Waals surface area contributed by atoms with Crippen molar-refractivity contribution in [1.82, 2.24) is 0 Å². The zero-order valence-electron chi connectivity index (χ0n) is 6.64. The Morgan fingerprint density at radius 3 is 2.70 bits per heavy atom. The average Bonchev–Trinajstić information content (AvgIpc) is 2.33. The molecule has 0 spiro atoms. The van der Waals surface area contributed by atoms with E-state index < -0.39 is 0 Å². The second-order valence-electron chi connectivity index (χ2n) is 3.54. The summed E-state index contributed by atoms with van der Waals surface area (Å²) in [5.41, 5.74) is 5.64. The first-order valence-corrected chi connectivity index (χ1v) is 4.10. The zero-order valence-corrected chi connectivity index (χ0v) is 6.64. The van der Waals surface area contributed by atoms with Gasteiger partial charge in [-0.1, -0.05) is 13.3 Å². The molecule has 1 aliphatic rings. The van der Waals surface area contributed by atoms with E-state index in [2.05, 4.69) is 6.92 Å². The van der Waals surface area contributed by atoms with Crippen LogP contribution in [-0.2, 0) is 0 Å². The van der Waals surface area contributed by atoms with E-state index in [1.54, 1.807) is 0 Å². The summed E-state index contributed by atoms with van der Waals surface area (Å²) < 4.78 is 0. The summed E-state index contributed by atoms with van der Waals surface area (Å²) in [6.07, 6.45) is 4.43. The van der Waals surface area contributed by atoms with E-state index >= 15 is 0 Å². The van der Waals surface area contributed by atoms with Crippen LogP contribution in [0.4, 0.5) is 0 Å². The van der Waals surface area contributed by atoms with Gasteiger partial charge in [0.05, 0.1) is 6.61 Å². The number of aliphatic hydroxyl groups is 1. The summed E-state index contributed by atoms with van der Waals surface area (Å²) in [5, 5.41) is 8.91.